The summed E-state index contributed by atoms with van der Waals surface area (Å²) in [5, 5.41) is 13.7. The van der Waals surface area contributed by atoms with Crippen molar-refractivity contribution in [1.82, 2.24) is 10.3 Å². The van der Waals surface area contributed by atoms with Gasteiger partial charge in [0.05, 0.1) is 22.0 Å². The Bertz CT molecular complexity index is 1110. The van der Waals surface area contributed by atoms with E-state index < -0.39 is 5.97 Å². The molecule has 35 heavy (non-hydrogen) atoms. The van der Waals surface area contributed by atoms with E-state index in [4.69, 9.17) is 16.6 Å². The predicted octanol–water partition coefficient (Wildman–Crippen LogP) is 4.49. The maximum atomic E-state index is 13.4. The summed E-state index contributed by atoms with van der Waals surface area (Å²) in [5.74, 6) is 2.28. The van der Waals surface area contributed by atoms with Gasteiger partial charge < -0.3 is 15.3 Å². The Kier molecular flexibility index (Phi) is 7.12. The van der Waals surface area contributed by atoms with Crippen LogP contribution >= 0.6 is 11.6 Å². The Hall–Kier alpha value is -1.34. The molecule has 6 nitrogen and oxygen atoms in total. The zero-order valence-corrected chi connectivity index (χ0v) is 20.2. The van der Waals surface area contributed by atoms with E-state index >= 15 is 0 Å². The molecule has 4 aliphatic carbocycles. The molecule has 1 amide bonds. The third-order valence-electron chi connectivity index (χ3n) is 8.99. The van der Waals surface area contributed by atoms with Gasteiger partial charge in [0.2, 0.25) is 0 Å². The van der Waals surface area contributed by atoms with Crippen molar-refractivity contribution < 1.29 is 14.7 Å². The van der Waals surface area contributed by atoms with Crippen LogP contribution in [0.15, 0.2) is 24.3 Å². The van der Waals surface area contributed by atoms with Crippen molar-refractivity contribution in [3.63, 3.8) is 0 Å². The average molecular weight is 506 g/mol. The first-order chi connectivity index (χ1) is 16.4. The molecule has 5 fully saturated rings. The number of anilines is 1. The van der Waals surface area contributed by atoms with Crippen LogP contribution in [0.25, 0.3) is 10.9 Å². The third-order valence-corrected chi connectivity index (χ3v) is 9.30. The molecule has 2 N–H and O–H groups in total. The van der Waals surface area contributed by atoms with E-state index in [9.17, 15) is 14.7 Å². The second kappa shape index (κ2) is 9.85. The van der Waals surface area contributed by atoms with E-state index in [0.717, 1.165) is 41.0 Å². The van der Waals surface area contributed by atoms with Gasteiger partial charge in [-0.3, -0.25) is 9.59 Å². The number of carboxylic acid groups (broad SMARTS) is 1. The molecular weight excluding hydrogens is 473 g/mol. The molecule has 5 aliphatic rings. The number of nitrogens with zero attached hydrogens (tertiary/aromatic N) is 2. The van der Waals surface area contributed by atoms with E-state index in [0.29, 0.717) is 36.5 Å². The molecule has 1 aromatic carbocycles. The van der Waals surface area contributed by atoms with Gasteiger partial charge in [0.15, 0.2) is 0 Å². The van der Waals surface area contributed by atoms with Gasteiger partial charge in [-0.2, -0.15) is 0 Å². The molecule has 1 saturated heterocycles. The number of rotatable bonds is 5. The molecule has 0 atom stereocenters. The number of aliphatic carboxylic acids is 1. The maximum absolute atomic E-state index is 13.4. The van der Waals surface area contributed by atoms with Crippen molar-refractivity contribution in [2.24, 2.45) is 29.1 Å². The van der Waals surface area contributed by atoms with E-state index in [1.54, 1.807) is 6.07 Å². The number of aromatic nitrogens is 1. The minimum atomic E-state index is -0.718. The molecule has 0 spiro atoms. The van der Waals surface area contributed by atoms with Crippen LogP contribution in [-0.2, 0) is 4.79 Å². The monoisotopic (exact) mass is 505 g/mol. The molecule has 8 heteroatoms. The van der Waals surface area contributed by atoms with Crippen LogP contribution in [0.1, 0.15) is 61.7 Å². The zero-order chi connectivity index (χ0) is 23.4. The molecule has 1 aromatic heterocycles. The second-order valence-electron chi connectivity index (χ2n) is 11.4. The van der Waals surface area contributed by atoms with E-state index in [1.165, 1.54) is 38.5 Å². The Morgan fingerprint density at radius 3 is 2.26 bits per heavy atom. The number of amides is 1. The number of benzene rings is 1. The van der Waals surface area contributed by atoms with Crippen LogP contribution in [0.5, 0.6) is 0 Å². The van der Waals surface area contributed by atoms with Gasteiger partial charge >= 0.3 is 35.5 Å². The first kappa shape index (κ1) is 25.3. The molecule has 4 bridgehead atoms. The summed E-state index contributed by atoms with van der Waals surface area (Å²) in [6, 6.07) is 7.49. The van der Waals surface area contributed by atoms with Crippen LogP contribution in [0.3, 0.4) is 0 Å². The SMILES string of the molecule is O=C(NCC12CC3CC(CC(C3)C1)C2)c1c(Cl)ccc2nc(N3CCC(C(=O)O)CC3)ccc12.[NaH]. The van der Waals surface area contributed by atoms with Crippen molar-refractivity contribution >= 4 is 69.8 Å². The van der Waals surface area contributed by atoms with Crippen LogP contribution < -0.4 is 10.2 Å². The van der Waals surface area contributed by atoms with Crippen molar-refractivity contribution in [3.8, 4) is 0 Å². The second-order valence-corrected chi connectivity index (χ2v) is 11.8. The summed E-state index contributed by atoms with van der Waals surface area (Å²) in [7, 11) is 0. The van der Waals surface area contributed by atoms with Gasteiger partial charge in [-0.25, -0.2) is 4.98 Å². The summed E-state index contributed by atoms with van der Waals surface area (Å²) >= 11 is 6.53. The van der Waals surface area contributed by atoms with Crippen molar-refractivity contribution in [2.45, 2.75) is 51.4 Å². The Morgan fingerprint density at radius 1 is 1.03 bits per heavy atom. The van der Waals surface area contributed by atoms with Crippen LogP contribution in [0.2, 0.25) is 5.02 Å². The summed E-state index contributed by atoms with van der Waals surface area (Å²) in [6.45, 7) is 2.08. The Morgan fingerprint density at radius 2 is 1.66 bits per heavy atom. The zero-order valence-electron chi connectivity index (χ0n) is 19.4. The van der Waals surface area contributed by atoms with Crippen LogP contribution in [0.4, 0.5) is 5.82 Å². The summed E-state index contributed by atoms with van der Waals surface area (Å²) < 4.78 is 0. The van der Waals surface area contributed by atoms with Gasteiger partial charge in [0.25, 0.3) is 5.91 Å². The molecule has 182 valence electrons. The fourth-order valence-electron chi connectivity index (χ4n) is 7.79. The molecular formula is C27H33ClN3NaO3. The molecule has 0 radical (unpaired) electrons. The topological polar surface area (TPSA) is 82.5 Å². The van der Waals surface area contributed by atoms with Gasteiger partial charge in [-0.05, 0) is 98.8 Å². The van der Waals surface area contributed by atoms with Crippen molar-refractivity contribution in [1.29, 1.82) is 0 Å². The average Bonchev–Trinajstić information content (AvgIpc) is 2.81. The molecule has 4 saturated carbocycles. The first-order valence-electron chi connectivity index (χ1n) is 12.7. The van der Waals surface area contributed by atoms with E-state index in [-0.39, 0.29) is 46.8 Å². The fraction of sp³-hybridized carbons (Fsp3) is 0.593. The molecule has 7 rings (SSSR count). The molecule has 2 heterocycles. The van der Waals surface area contributed by atoms with Gasteiger partial charge in [-0.15, -0.1) is 0 Å². The van der Waals surface area contributed by atoms with E-state index in [1.807, 2.05) is 18.2 Å². The summed E-state index contributed by atoms with van der Waals surface area (Å²) in [4.78, 5) is 31.6. The summed E-state index contributed by atoms with van der Waals surface area (Å²) in [6.07, 6.45) is 9.18. The standard InChI is InChI=1S/C27H32ClN3O3.Na.H/c28-21-2-3-22-20(1-4-23(30-22)31-7-5-19(6-8-31)26(33)34)24(21)25(32)29-15-27-12-16-9-17(13-27)11-18(10-16)14-27;;/h1-4,16-19H,5-15H2,(H,29,32)(H,33,34);;. The van der Waals surface area contributed by atoms with Gasteiger partial charge in [-0.1, -0.05) is 11.6 Å². The number of halogens is 1. The first-order valence-corrected chi connectivity index (χ1v) is 13.1. The number of carboxylic acids is 1. The van der Waals surface area contributed by atoms with Gasteiger partial charge in [0, 0.05) is 25.0 Å². The minimum absolute atomic E-state index is 0. The number of fused-ring (bicyclic) bond motifs is 1. The number of nitrogens with one attached hydrogen (secondary N) is 1. The fourth-order valence-corrected chi connectivity index (χ4v) is 8.04. The van der Waals surface area contributed by atoms with E-state index in [2.05, 4.69) is 10.2 Å². The molecule has 2 aromatic rings. The number of hydrogen-bond donors (Lipinski definition) is 2. The Labute approximate surface area is 233 Å². The normalized spacial score (nSPS) is 29.7. The van der Waals surface area contributed by atoms with Crippen LogP contribution in [0, 0.1) is 29.1 Å². The number of carbonyl (C=O) groups is 2. The van der Waals surface area contributed by atoms with Crippen LogP contribution in [-0.4, -0.2) is 71.2 Å². The third kappa shape index (κ3) is 4.84. The number of piperidine rings is 1. The Balaban J connectivity index is 0.00000253. The van der Waals surface area contributed by atoms with Crippen molar-refractivity contribution in [3.05, 3.63) is 34.9 Å². The number of pyridine rings is 1. The predicted molar refractivity (Wildman–Crippen MR) is 139 cm³/mol. The molecule has 1 aliphatic heterocycles. The quantitative estimate of drug-likeness (QED) is 0.585. The number of carbonyl (C=O) groups excluding carboxylic acids is 1. The summed E-state index contributed by atoms with van der Waals surface area (Å²) in [5.41, 5.74) is 1.52. The van der Waals surface area contributed by atoms with Gasteiger partial charge in [0.1, 0.15) is 5.82 Å². The van der Waals surface area contributed by atoms with Crippen molar-refractivity contribution in [2.75, 3.05) is 24.5 Å². The number of hydrogen-bond acceptors (Lipinski definition) is 4. The molecule has 0 unspecified atom stereocenters.